The second kappa shape index (κ2) is 6.27. The van der Waals surface area contributed by atoms with Gasteiger partial charge in [0.15, 0.2) is 0 Å². The van der Waals surface area contributed by atoms with E-state index in [1.165, 1.54) is 18.2 Å². The van der Waals surface area contributed by atoms with Crippen LogP contribution < -0.4 is 16.6 Å². The number of halogens is 3. The first-order valence-electron chi connectivity index (χ1n) is 6.00. The molecular formula is C14H12F3N3O. The van der Waals surface area contributed by atoms with Crippen molar-refractivity contribution in [2.24, 2.45) is 5.84 Å². The van der Waals surface area contributed by atoms with E-state index in [4.69, 9.17) is 5.84 Å². The van der Waals surface area contributed by atoms with Crippen LogP contribution in [0.5, 0.6) is 0 Å². The minimum Gasteiger partial charge on any atom is -0.348 e. The molecule has 1 amide bonds. The topological polar surface area (TPSA) is 67.1 Å². The number of anilines is 1. The largest absolute Gasteiger partial charge is 0.348 e. The van der Waals surface area contributed by atoms with Crippen molar-refractivity contribution in [3.8, 4) is 0 Å². The molecule has 0 aliphatic rings. The molecule has 0 heterocycles. The highest BCUT2D eigenvalue weighted by molar-refractivity contribution is 5.99. The fourth-order valence-corrected chi connectivity index (χ4v) is 1.80. The molecule has 0 aliphatic heterocycles. The highest BCUT2D eigenvalue weighted by Crippen LogP contribution is 2.18. The lowest BCUT2D eigenvalue weighted by Gasteiger charge is -2.10. The average molecular weight is 295 g/mol. The average Bonchev–Trinajstić information content (AvgIpc) is 2.45. The smallest absolute Gasteiger partial charge is 0.253 e. The van der Waals surface area contributed by atoms with Gasteiger partial charge in [-0.15, -0.1) is 0 Å². The van der Waals surface area contributed by atoms with Crippen molar-refractivity contribution >= 4 is 11.6 Å². The van der Waals surface area contributed by atoms with Gasteiger partial charge in [-0.25, -0.2) is 13.2 Å². The summed E-state index contributed by atoms with van der Waals surface area (Å²) < 4.78 is 39.7. The van der Waals surface area contributed by atoms with Gasteiger partial charge >= 0.3 is 0 Å². The Morgan fingerprint density at radius 3 is 2.52 bits per heavy atom. The molecule has 21 heavy (non-hydrogen) atoms. The highest BCUT2D eigenvalue weighted by Gasteiger charge is 2.14. The van der Waals surface area contributed by atoms with Gasteiger partial charge in [0.2, 0.25) is 0 Å². The van der Waals surface area contributed by atoms with Crippen LogP contribution in [0.15, 0.2) is 36.4 Å². The number of nitrogen functional groups attached to an aromatic ring is 1. The number of benzene rings is 2. The number of carbonyl (C=O) groups is 1. The molecule has 0 aliphatic carbocycles. The van der Waals surface area contributed by atoms with Crippen LogP contribution in [0.3, 0.4) is 0 Å². The van der Waals surface area contributed by atoms with Crippen LogP contribution in [0.1, 0.15) is 15.9 Å². The zero-order valence-corrected chi connectivity index (χ0v) is 10.8. The summed E-state index contributed by atoms with van der Waals surface area (Å²) in [5.41, 5.74) is 2.04. The predicted octanol–water partition coefficient (Wildman–Crippen LogP) is 2.32. The number of rotatable bonds is 4. The Kier molecular flexibility index (Phi) is 4.44. The van der Waals surface area contributed by atoms with Crippen molar-refractivity contribution in [3.05, 3.63) is 65.0 Å². The molecule has 0 spiro atoms. The minimum atomic E-state index is -0.772. The summed E-state index contributed by atoms with van der Waals surface area (Å²) in [5.74, 6) is 2.37. The molecule has 2 aromatic carbocycles. The molecule has 4 N–H and O–H groups in total. The van der Waals surface area contributed by atoms with E-state index in [2.05, 4.69) is 10.7 Å². The van der Waals surface area contributed by atoms with E-state index in [9.17, 15) is 18.0 Å². The monoisotopic (exact) mass is 295 g/mol. The molecule has 0 unspecified atom stereocenters. The molecule has 2 rings (SSSR count). The number of amides is 1. The Labute approximate surface area is 118 Å². The van der Waals surface area contributed by atoms with Crippen molar-refractivity contribution in [3.63, 3.8) is 0 Å². The quantitative estimate of drug-likeness (QED) is 0.599. The van der Waals surface area contributed by atoms with Crippen LogP contribution in [0.2, 0.25) is 0 Å². The number of nitrogens with two attached hydrogens (primary N) is 1. The van der Waals surface area contributed by atoms with Crippen LogP contribution in [0.4, 0.5) is 18.9 Å². The molecule has 0 saturated heterocycles. The van der Waals surface area contributed by atoms with E-state index in [0.29, 0.717) is 0 Å². The van der Waals surface area contributed by atoms with Gasteiger partial charge in [-0.2, -0.15) is 0 Å². The van der Waals surface area contributed by atoms with Crippen molar-refractivity contribution in [2.75, 3.05) is 5.43 Å². The van der Waals surface area contributed by atoms with Crippen LogP contribution >= 0.6 is 0 Å². The number of carbonyl (C=O) groups excluding carboxylic acids is 1. The van der Waals surface area contributed by atoms with Crippen molar-refractivity contribution in [2.45, 2.75) is 6.54 Å². The van der Waals surface area contributed by atoms with E-state index in [1.54, 1.807) is 0 Å². The van der Waals surface area contributed by atoms with E-state index >= 15 is 0 Å². The third kappa shape index (κ3) is 3.32. The lowest BCUT2D eigenvalue weighted by molar-refractivity contribution is 0.0951. The normalized spacial score (nSPS) is 10.3. The Morgan fingerprint density at radius 1 is 1.10 bits per heavy atom. The zero-order chi connectivity index (χ0) is 15.4. The zero-order valence-electron chi connectivity index (χ0n) is 10.8. The SMILES string of the molecule is NNc1c(F)cccc1C(=O)NCc1ccc(F)cc1F. The Balaban J connectivity index is 2.14. The highest BCUT2D eigenvalue weighted by atomic mass is 19.1. The van der Waals surface area contributed by atoms with Gasteiger partial charge in [0.05, 0.1) is 11.3 Å². The first kappa shape index (κ1) is 14.9. The minimum absolute atomic E-state index is 0.0139. The van der Waals surface area contributed by atoms with Gasteiger partial charge < -0.3 is 10.7 Å². The number of para-hydroxylation sites is 1. The number of hydrogen-bond donors (Lipinski definition) is 3. The number of hydrazine groups is 1. The van der Waals surface area contributed by atoms with Crippen LogP contribution in [-0.2, 0) is 6.54 Å². The standard InChI is InChI=1S/C14H12F3N3O/c15-9-5-4-8(12(17)6-9)7-19-14(21)10-2-1-3-11(16)13(10)20-18/h1-6,20H,7,18H2,(H,19,21). The first-order chi connectivity index (χ1) is 10.0. The fraction of sp³-hybridized carbons (Fsp3) is 0.0714. The summed E-state index contributed by atoms with van der Waals surface area (Å²) in [7, 11) is 0. The summed E-state index contributed by atoms with van der Waals surface area (Å²) in [5, 5.41) is 2.41. The Morgan fingerprint density at radius 2 is 1.86 bits per heavy atom. The molecule has 2 aromatic rings. The predicted molar refractivity (Wildman–Crippen MR) is 71.7 cm³/mol. The summed E-state index contributed by atoms with van der Waals surface area (Å²) >= 11 is 0. The molecule has 0 bridgehead atoms. The van der Waals surface area contributed by atoms with E-state index < -0.39 is 23.4 Å². The lowest BCUT2D eigenvalue weighted by atomic mass is 10.1. The van der Waals surface area contributed by atoms with E-state index in [1.807, 2.05) is 0 Å². The Bertz CT molecular complexity index is 677. The van der Waals surface area contributed by atoms with Crippen molar-refractivity contribution < 1.29 is 18.0 Å². The molecular weight excluding hydrogens is 283 g/mol. The summed E-state index contributed by atoms with van der Waals surface area (Å²) in [4.78, 5) is 12.0. The molecule has 0 radical (unpaired) electrons. The van der Waals surface area contributed by atoms with Gasteiger partial charge in [-0.05, 0) is 18.2 Å². The van der Waals surface area contributed by atoms with Gasteiger partial charge in [0.1, 0.15) is 17.5 Å². The maximum atomic E-state index is 13.5. The number of hydrogen-bond acceptors (Lipinski definition) is 3. The maximum Gasteiger partial charge on any atom is 0.253 e. The summed E-state index contributed by atoms with van der Waals surface area (Å²) in [6.07, 6.45) is 0. The lowest BCUT2D eigenvalue weighted by Crippen LogP contribution is -2.25. The molecule has 4 nitrogen and oxygen atoms in total. The van der Waals surface area contributed by atoms with Crippen molar-refractivity contribution in [1.82, 2.24) is 5.32 Å². The molecule has 0 saturated carbocycles. The molecule has 7 heteroatoms. The second-order valence-corrected chi connectivity index (χ2v) is 4.23. The van der Waals surface area contributed by atoms with E-state index in [-0.39, 0.29) is 23.4 Å². The molecule has 110 valence electrons. The third-order valence-corrected chi connectivity index (χ3v) is 2.86. The fourth-order valence-electron chi connectivity index (χ4n) is 1.80. The number of nitrogens with one attached hydrogen (secondary N) is 2. The second-order valence-electron chi connectivity index (χ2n) is 4.23. The summed E-state index contributed by atoms with van der Waals surface area (Å²) in [6.45, 7) is -0.161. The first-order valence-corrected chi connectivity index (χ1v) is 6.00. The molecule has 0 aromatic heterocycles. The van der Waals surface area contributed by atoms with E-state index in [0.717, 1.165) is 18.2 Å². The summed E-state index contributed by atoms with van der Waals surface area (Å²) in [6, 6.07) is 6.89. The van der Waals surface area contributed by atoms with Crippen LogP contribution in [-0.4, -0.2) is 5.91 Å². The van der Waals surface area contributed by atoms with Crippen molar-refractivity contribution in [1.29, 1.82) is 0 Å². The maximum absolute atomic E-state index is 13.5. The molecule has 0 fully saturated rings. The molecule has 0 atom stereocenters. The van der Waals surface area contributed by atoms with Gasteiger partial charge in [-0.3, -0.25) is 10.6 Å². The van der Waals surface area contributed by atoms with Gasteiger partial charge in [0.25, 0.3) is 5.91 Å². The third-order valence-electron chi connectivity index (χ3n) is 2.86. The van der Waals surface area contributed by atoms with Gasteiger partial charge in [-0.1, -0.05) is 12.1 Å². The van der Waals surface area contributed by atoms with Crippen LogP contribution in [0.25, 0.3) is 0 Å². The Hall–Kier alpha value is -2.54. The van der Waals surface area contributed by atoms with Crippen LogP contribution in [0, 0.1) is 17.5 Å². The van der Waals surface area contributed by atoms with Gasteiger partial charge in [0, 0.05) is 18.2 Å².